The molecule has 0 spiro atoms. The van der Waals surface area contributed by atoms with Crippen LogP contribution in [-0.2, 0) is 6.18 Å². The maximum Gasteiger partial charge on any atom is 0.416 e. The molecular formula is C16H12ClF3N6. The van der Waals surface area contributed by atoms with E-state index in [9.17, 15) is 13.2 Å². The minimum Gasteiger partial charge on any atom is -0.277 e. The Bertz CT molecular complexity index is 937. The molecule has 2 aromatic carbocycles. The molecule has 3 rings (SSSR count). The Hall–Kier alpha value is -2.94. The van der Waals surface area contributed by atoms with Gasteiger partial charge in [0.1, 0.15) is 6.33 Å². The van der Waals surface area contributed by atoms with Crippen molar-refractivity contribution in [2.45, 2.75) is 13.1 Å². The first kappa shape index (κ1) is 17.9. The van der Waals surface area contributed by atoms with Gasteiger partial charge in [0.2, 0.25) is 0 Å². The SMILES string of the molecule is C/C(=N\Nc1cc(C(F)(F)F)ccc1Cl)c1cccc(-n2cnnn2)c1. The molecule has 1 heterocycles. The average Bonchev–Trinajstić information content (AvgIpc) is 3.14. The fourth-order valence-corrected chi connectivity index (χ4v) is 2.31. The second-order valence-electron chi connectivity index (χ2n) is 5.31. The topological polar surface area (TPSA) is 68.0 Å². The second-order valence-corrected chi connectivity index (χ2v) is 5.71. The summed E-state index contributed by atoms with van der Waals surface area (Å²) in [6.45, 7) is 1.72. The summed E-state index contributed by atoms with van der Waals surface area (Å²) in [5, 5.41) is 15.2. The Kier molecular flexibility index (Phi) is 4.90. The Labute approximate surface area is 151 Å². The third-order valence-corrected chi connectivity index (χ3v) is 3.84. The van der Waals surface area contributed by atoms with Crippen molar-refractivity contribution >= 4 is 23.0 Å². The lowest BCUT2D eigenvalue weighted by molar-refractivity contribution is -0.137. The van der Waals surface area contributed by atoms with Crippen molar-refractivity contribution in [2.24, 2.45) is 5.10 Å². The van der Waals surface area contributed by atoms with E-state index in [1.165, 1.54) is 17.1 Å². The third-order valence-electron chi connectivity index (χ3n) is 3.52. The molecule has 3 aromatic rings. The summed E-state index contributed by atoms with van der Waals surface area (Å²) in [5.74, 6) is 0. The molecule has 10 heteroatoms. The summed E-state index contributed by atoms with van der Waals surface area (Å²) >= 11 is 5.94. The number of benzene rings is 2. The predicted molar refractivity (Wildman–Crippen MR) is 91.4 cm³/mol. The molecule has 0 radical (unpaired) electrons. The summed E-state index contributed by atoms with van der Waals surface area (Å²) in [4.78, 5) is 0. The molecule has 0 fully saturated rings. The lowest BCUT2D eigenvalue weighted by Gasteiger charge is -2.11. The summed E-state index contributed by atoms with van der Waals surface area (Å²) in [6, 6.07) is 10.2. The van der Waals surface area contributed by atoms with E-state index in [1.807, 2.05) is 12.1 Å². The van der Waals surface area contributed by atoms with E-state index in [0.29, 0.717) is 5.71 Å². The zero-order valence-corrected chi connectivity index (χ0v) is 14.1. The van der Waals surface area contributed by atoms with Crippen molar-refractivity contribution in [2.75, 3.05) is 5.43 Å². The Morgan fingerprint density at radius 2 is 2.00 bits per heavy atom. The lowest BCUT2D eigenvalue weighted by Crippen LogP contribution is -2.06. The quantitative estimate of drug-likeness (QED) is 0.545. The lowest BCUT2D eigenvalue weighted by atomic mass is 10.1. The Morgan fingerprint density at radius 3 is 2.69 bits per heavy atom. The molecule has 0 saturated heterocycles. The Balaban J connectivity index is 1.84. The molecule has 0 amide bonds. The number of alkyl halides is 3. The normalized spacial score (nSPS) is 12.3. The van der Waals surface area contributed by atoms with Crippen LogP contribution in [0.5, 0.6) is 0 Å². The van der Waals surface area contributed by atoms with Gasteiger partial charge < -0.3 is 0 Å². The molecule has 0 aliphatic heterocycles. The van der Waals surface area contributed by atoms with Gasteiger partial charge in [0.05, 0.1) is 27.7 Å². The molecular weight excluding hydrogens is 369 g/mol. The van der Waals surface area contributed by atoms with Crippen LogP contribution in [0.3, 0.4) is 0 Å². The second kappa shape index (κ2) is 7.12. The molecule has 0 aliphatic carbocycles. The minimum absolute atomic E-state index is 0.0671. The van der Waals surface area contributed by atoms with Crippen molar-refractivity contribution < 1.29 is 13.2 Å². The predicted octanol–water partition coefficient (Wildman–Crippen LogP) is 4.17. The van der Waals surface area contributed by atoms with Gasteiger partial charge >= 0.3 is 6.18 Å². The number of hydrogen-bond donors (Lipinski definition) is 1. The molecule has 6 nitrogen and oxygen atoms in total. The summed E-state index contributed by atoms with van der Waals surface area (Å²) in [5.41, 5.74) is 3.86. The van der Waals surface area contributed by atoms with E-state index >= 15 is 0 Å². The summed E-state index contributed by atoms with van der Waals surface area (Å²) in [6.07, 6.45) is -3.01. The number of rotatable bonds is 4. The fraction of sp³-hybridized carbons (Fsp3) is 0.125. The highest BCUT2D eigenvalue weighted by atomic mass is 35.5. The van der Waals surface area contributed by atoms with Crippen molar-refractivity contribution in [3.63, 3.8) is 0 Å². The van der Waals surface area contributed by atoms with Gasteiger partial charge in [-0.1, -0.05) is 23.7 Å². The number of tetrazole rings is 1. The van der Waals surface area contributed by atoms with Crippen LogP contribution in [0.25, 0.3) is 5.69 Å². The maximum absolute atomic E-state index is 12.8. The number of aromatic nitrogens is 4. The van der Waals surface area contributed by atoms with E-state index in [0.717, 1.165) is 23.4 Å². The van der Waals surface area contributed by atoms with Crippen LogP contribution in [0.4, 0.5) is 18.9 Å². The van der Waals surface area contributed by atoms with E-state index in [2.05, 4.69) is 26.1 Å². The minimum atomic E-state index is -4.46. The van der Waals surface area contributed by atoms with Gasteiger partial charge in [0.25, 0.3) is 0 Å². The van der Waals surface area contributed by atoms with E-state index < -0.39 is 11.7 Å². The standard InChI is InChI=1S/C16H12ClF3N6/c1-10(11-3-2-4-13(7-11)26-9-21-24-25-26)22-23-15-8-12(16(18,19)20)5-6-14(15)17/h2-9,23H,1H3/b22-10+. The largest absolute Gasteiger partial charge is 0.416 e. The molecule has 1 aromatic heterocycles. The van der Waals surface area contributed by atoms with E-state index in [1.54, 1.807) is 19.1 Å². The van der Waals surface area contributed by atoms with Gasteiger partial charge in [-0.05, 0) is 53.2 Å². The summed E-state index contributed by atoms with van der Waals surface area (Å²) in [7, 11) is 0. The molecule has 134 valence electrons. The number of hydrazone groups is 1. The van der Waals surface area contributed by atoms with Gasteiger partial charge in [-0.3, -0.25) is 5.43 Å². The van der Waals surface area contributed by atoms with Gasteiger partial charge in [-0.2, -0.15) is 18.3 Å². The van der Waals surface area contributed by atoms with E-state index in [-0.39, 0.29) is 10.7 Å². The van der Waals surface area contributed by atoms with Crippen molar-refractivity contribution in [3.05, 3.63) is 64.9 Å². The molecule has 0 unspecified atom stereocenters. The monoisotopic (exact) mass is 380 g/mol. The van der Waals surface area contributed by atoms with Gasteiger partial charge in [0.15, 0.2) is 0 Å². The third kappa shape index (κ3) is 3.99. The maximum atomic E-state index is 12.8. The number of hydrogen-bond acceptors (Lipinski definition) is 5. The van der Waals surface area contributed by atoms with Crippen LogP contribution in [0, 0.1) is 0 Å². The first-order valence-electron chi connectivity index (χ1n) is 7.35. The number of nitrogens with zero attached hydrogens (tertiary/aromatic N) is 5. The zero-order valence-electron chi connectivity index (χ0n) is 13.4. The van der Waals surface area contributed by atoms with Gasteiger partial charge in [0, 0.05) is 0 Å². The van der Waals surface area contributed by atoms with Crippen molar-refractivity contribution in [3.8, 4) is 5.69 Å². The highest BCUT2D eigenvalue weighted by molar-refractivity contribution is 6.33. The highest BCUT2D eigenvalue weighted by Crippen LogP contribution is 2.33. The fourth-order valence-electron chi connectivity index (χ4n) is 2.15. The molecule has 0 saturated carbocycles. The first-order valence-corrected chi connectivity index (χ1v) is 7.73. The summed E-state index contributed by atoms with van der Waals surface area (Å²) < 4.78 is 39.9. The van der Waals surface area contributed by atoms with Crippen LogP contribution in [0.15, 0.2) is 53.9 Å². The van der Waals surface area contributed by atoms with Crippen LogP contribution in [0.1, 0.15) is 18.1 Å². The number of anilines is 1. The molecule has 1 N–H and O–H groups in total. The van der Waals surface area contributed by atoms with Crippen molar-refractivity contribution in [1.82, 2.24) is 20.2 Å². The van der Waals surface area contributed by atoms with Gasteiger partial charge in [-0.15, -0.1) is 5.10 Å². The number of nitrogens with one attached hydrogen (secondary N) is 1. The molecule has 0 atom stereocenters. The molecule has 26 heavy (non-hydrogen) atoms. The zero-order chi connectivity index (χ0) is 18.7. The average molecular weight is 381 g/mol. The smallest absolute Gasteiger partial charge is 0.277 e. The van der Waals surface area contributed by atoms with Crippen LogP contribution in [0.2, 0.25) is 5.02 Å². The van der Waals surface area contributed by atoms with Crippen LogP contribution < -0.4 is 5.43 Å². The van der Waals surface area contributed by atoms with Crippen molar-refractivity contribution in [1.29, 1.82) is 0 Å². The first-order chi connectivity index (χ1) is 12.3. The Morgan fingerprint density at radius 1 is 1.19 bits per heavy atom. The number of halogens is 4. The van der Waals surface area contributed by atoms with Crippen LogP contribution >= 0.6 is 11.6 Å². The molecule has 0 aliphatic rings. The van der Waals surface area contributed by atoms with Gasteiger partial charge in [-0.25, -0.2) is 4.68 Å². The van der Waals surface area contributed by atoms with E-state index in [4.69, 9.17) is 11.6 Å². The highest BCUT2D eigenvalue weighted by Gasteiger charge is 2.30. The molecule has 0 bridgehead atoms. The van der Waals surface area contributed by atoms with Crippen LogP contribution in [-0.4, -0.2) is 25.9 Å².